The smallest absolute Gasteiger partial charge is 0.416 e. The van der Waals surface area contributed by atoms with Crippen molar-refractivity contribution in [2.45, 2.75) is 20.0 Å². The molecule has 1 heterocycles. The van der Waals surface area contributed by atoms with Gasteiger partial charge in [0.25, 0.3) is 11.1 Å². The number of halogens is 4. The van der Waals surface area contributed by atoms with Gasteiger partial charge in [-0.2, -0.15) is 13.2 Å². The summed E-state index contributed by atoms with van der Waals surface area (Å²) in [5, 5.41) is 1.82. The number of hydrogen-bond acceptors (Lipinski definition) is 6. The highest BCUT2D eigenvalue weighted by Gasteiger charge is 2.36. The maximum atomic E-state index is 12.9. The van der Waals surface area contributed by atoms with E-state index in [1.54, 1.807) is 19.9 Å². The summed E-state index contributed by atoms with van der Waals surface area (Å²) < 4.78 is 49.7. The molecular formula is C23H20ClF3N2O5S. The van der Waals surface area contributed by atoms with Crippen LogP contribution in [0.5, 0.6) is 11.5 Å². The van der Waals surface area contributed by atoms with Gasteiger partial charge in [0.2, 0.25) is 5.91 Å². The first-order valence-corrected chi connectivity index (χ1v) is 11.5. The highest BCUT2D eigenvalue weighted by atomic mass is 35.5. The molecule has 1 saturated heterocycles. The topological polar surface area (TPSA) is 84.9 Å². The largest absolute Gasteiger partial charge is 0.490 e. The Labute approximate surface area is 208 Å². The molecule has 0 radical (unpaired) electrons. The van der Waals surface area contributed by atoms with Crippen LogP contribution in [0.4, 0.5) is 23.7 Å². The molecule has 1 aliphatic heterocycles. The minimum Gasteiger partial charge on any atom is -0.490 e. The summed E-state index contributed by atoms with van der Waals surface area (Å²) in [5.41, 5.74) is -0.655. The molecule has 0 saturated carbocycles. The lowest BCUT2D eigenvalue weighted by Gasteiger charge is -2.14. The molecule has 7 nitrogen and oxygen atoms in total. The molecule has 0 aromatic heterocycles. The van der Waals surface area contributed by atoms with E-state index in [2.05, 4.69) is 5.32 Å². The van der Waals surface area contributed by atoms with Gasteiger partial charge in [0.15, 0.2) is 11.5 Å². The van der Waals surface area contributed by atoms with Crippen molar-refractivity contribution in [2.24, 2.45) is 0 Å². The van der Waals surface area contributed by atoms with Crippen LogP contribution in [0.2, 0.25) is 5.02 Å². The van der Waals surface area contributed by atoms with Gasteiger partial charge in [-0.1, -0.05) is 17.7 Å². The summed E-state index contributed by atoms with van der Waals surface area (Å²) in [6.45, 7) is 3.67. The van der Waals surface area contributed by atoms with Crippen molar-refractivity contribution in [3.05, 3.63) is 57.5 Å². The normalized spacial score (nSPS) is 15.0. The zero-order valence-electron chi connectivity index (χ0n) is 18.6. The summed E-state index contributed by atoms with van der Waals surface area (Å²) in [7, 11) is 0. The van der Waals surface area contributed by atoms with Gasteiger partial charge >= 0.3 is 6.18 Å². The number of rotatable bonds is 8. The van der Waals surface area contributed by atoms with Crippen molar-refractivity contribution in [1.29, 1.82) is 0 Å². The third-order valence-electron chi connectivity index (χ3n) is 4.60. The number of alkyl halides is 3. The second-order valence-electron chi connectivity index (χ2n) is 7.08. The van der Waals surface area contributed by atoms with E-state index in [4.69, 9.17) is 21.1 Å². The summed E-state index contributed by atoms with van der Waals surface area (Å²) in [4.78, 5) is 38.2. The SMILES string of the molecule is CCOc1cc(Cl)c(/C=C2\SC(=O)N(CC(=O)Nc3cccc(C(F)(F)F)c3)C2=O)cc1OCC. The molecule has 0 unspecified atom stereocenters. The number of thioether (sulfide) groups is 1. The first-order valence-electron chi connectivity index (χ1n) is 10.3. The van der Waals surface area contributed by atoms with Crippen LogP contribution in [0.1, 0.15) is 25.0 Å². The monoisotopic (exact) mass is 528 g/mol. The Balaban J connectivity index is 1.76. The highest BCUT2D eigenvalue weighted by Crippen LogP contribution is 2.38. The van der Waals surface area contributed by atoms with Crippen LogP contribution < -0.4 is 14.8 Å². The lowest BCUT2D eigenvalue weighted by Crippen LogP contribution is -2.36. The van der Waals surface area contributed by atoms with Crippen LogP contribution in [-0.4, -0.2) is 41.7 Å². The Morgan fingerprint density at radius 3 is 2.40 bits per heavy atom. The van der Waals surface area contributed by atoms with E-state index in [1.807, 2.05) is 0 Å². The molecule has 1 N–H and O–H groups in total. The number of benzene rings is 2. The van der Waals surface area contributed by atoms with Crippen LogP contribution in [0.25, 0.3) is 6.08 Å². The van der Waals surface area contributed by atoms with Gasteiger partial charge in [-0.3, -0.25) is 19.3 Å². The number of nitrogens with zero attached hydrogens (tertiary/aromatic N) is 1. The van der Waals surface area contributed by atoms with E-state index in [1.165, 1.54) is 18.2 Å². The second kappa shape index (κ2) is 11.0. The van der Waals surface area contributed by atoms with Crippen LogP contribution in [0, 0.1) is 0 Å². The lowest BCUT2D eigenvalue weighted by atomic mass is 10.1. The Bertz CT molecular complexity index is 1190. The van der Waals surface area contributed by atoms with Gasteiger partial charge < -0.3 is 14.8 Å². The fourth-order valence-corrected chi connectivity index (χ4v) is 4.13. The third kappa shape index (κ3) is 6.49. The average molecular weight is 529 g/mol. The molecule has 35 heavy (non-hydrogen) atoms. The van der Waals surface area contributed by atoms with Gasteiger partial charge in [-0.15, -0.1) is 0 Å². The quantitative estimate of drug-likeness (QED) is 0.434. The van der Waals surface area contributed by atoms with Crippen LogP contribution >= 0.6 is 23.4 Å². The maximum absolute atomic E-state index is 12.9. The van der Waals surface area contributed by atoms with E-state index >= 15 is 0 Å². The van der Waals surface area contributed by atoms with E-state index in [0.29, 0.717) is 46.9 Å². The van der Waals surface area contributed by atoms with Gasteiger partial charge in [0, 0.05) is 11.8 Å². The summed E-state index contributed by atoms with van der Waals surface area (Å²) in [6, 6.07) is 7.14. The van der Waals surface area contributed by atoms with Gasteiger partial charge in [-0.05, 0) is 61.5 Å². The number of imide groups is 1. The molecule has 1 fully saturated rings. The van der Waals surface area contributed by atoms with Gasteiger partial charge in [0.1, 0.15) is 6.54 Å². The molecule has 0 spiro atoms. The van der Waals surface area contributed by atoms with E-state index in [9.17, 15) is 27.6 Å². The number of carbonyl (C=O) groups excluding carboxylic acids is 3. The zero-order valence-corrected chi connectivity index (χ0v) is 20.1. The lowest BCUT2D eigenvalue weighted by molar-refractivity contribution is -0.137. The van der Waals surface area contributed by atoms with Crippen molar-refractivity contribution in [2.75, 3.05) is 25.1 Å². The molecule has 186 valence electrons. The van der Waals surface area contributed by atoms with Gasteiger partial charge in [-0.25, -0.2) is 0 Å². The number of hydrogen-bond donors (Lipinski definition) is 1. The van der Waals surface area contributed by atoms with Crippen molar-refractivity contribution in [1.82, 2.24) is 4.90 Å². The van der Waals surface area contributed by atoms with E-state index in [0.717, 1.165) is 18.2 Å². The molecule has 12 heteroatoms. The molecule has 0 bridgehead atoms. The third-order valence-corrected chi connectivity index (χ3v) is 5.83. The van der Waals surface area contributed by atoms with Crippen molar-refractivity contribution < 1.29 is 37.0 Å². The number of ether oxygens (including phenoxy) is 2. The predicted molar refractivity (Wildman–Crippen MR) is 127 cm³/mol. The summed E-state index contributed by atoms with van der Waals surface area (Å²) in [5.74, 6) is -0.728. The summed E-state index contributed by atoms with van der Waals surface area (Å²) >= 11 is 6.92. The zero-order chi connectivity index (χ0) is 25.8. The predicted octanol–water partition coefficient (Wildman–Crippen LogP) is 5.83. The Morgan fingerprint density at radius 1 is 1.11 bits per heavy atom. The maximum Gasteiger partial charge on any atom is 0.416 e. The van der Waals surface area contributed by atoms with Crippen LogP contribution in [-0.2, 0) is 15.8 Å². The number of carbonyl (C=O) groups is 3. The number of amides is 3. The highest BCUT2D eigenvalue weighted by molar-refractivity contribution is 8.18. The Hall–Kier alpha value is -3.18. The minimum absolute atomic E-state index is 0.0235. The van der Waals surface area contributed by atoms with Crippen LogP contribution in [0.3, 0.4) is 0 Å². The molecule has 1 aliphatic rings. The molecule has 0 aliphatic carbocycles. The average Bonchev–Trinajstić information content (AvgIpc) is 3.04. The number of nitrogens with one attached hydrogen (secondary N) is 1. The molecule has 3 amide bonds. The number of anilines is 1. The molecule has 2 aromatic carbocycles. The Kier molecular flexibility index (Phi) is 8.34. The van der Waals surface area contributed by atoms with Crippen molar-refractivity contribution in [3.63, 3.8) is 0 Å². The van der Waals surface area contributed by atoms with E-state index in [-0.39, 0.29) is 15.6 Å². The molecular weight excluding hydrogens is 509 g/mol. The summed E-state index contributed by atoms with van der Waals surface area (Å²) in [6.07, 6.45) is -3.18. The molecule has 3 rings (SSSR count). The van der Waals surface area contributed by atoms with Gasteiger partial charge in [0.05, 0.1) is 28.7 Å². The molecule has 0 atom stereocenters. The fourth-order valence-electron chi connectivity index (χ4n) is 3.09. The fraction of sp³-hybridized carbons (Fsp3) is 0.261. The first kappa shape index (κ1) is 26.4. The molecule has 2 aromatic rings. The first-order chi connectivity index (χ1) is 16.5. The minimum atomic E-state index is -4.58. The van der Waals surface area contributed by atoms with Crippen molar-refractivity contribution >= 4 is 52.2 Å². The standard InChI is InChI=1S/C23H20ClF3N2O5S/c1-3-33-17-8-13(16(24)11-18(17)34-4-2)9-19-21(31)29(22(32)35-19)12-20(30)28-15-7-5-6-14(10-15)23(25,26)27/h5-11H,3-4,12H2,1-2H3,(H,28,30)/b19-9-. The van der Waals surface area contributed by atoms with Crippen LogP contribution in [0.15, 0.2) is 41.3 Å². The second-order valence-corrected chi connectivity index (χ2v) is 8.48. The van der Waals surface area contributed by atoms with Crippen molar-refractivity contribution in [3.8, 4) is 11.5 Å². The Morgan fingerprint density at radius 2 is 1.77 bits per heavy atom. The van der Waals surface area contributed by atoms with E-state index < -0.39 is 35.3 Å².